The molecule has 1 rings (SSSR count). The van der Waals surface area contributed by atoms with Crippen LogP contribution in [0.4, 0.5) is 5.69 Å². The van der Waals surface area contributed by atoms with Crippen LogP contribution < -0.4 is 5.73 Å². The molecule has 0 aromatic heterocycles. The Labute approximate surface area is 81.6 Å². The molecule has 4 heteroatoms. The van der Waals surface area contributed by atoms with Crippen LogP contribution in [0, 0.1) is 5.41 Å². The number of halogens is 1. The predicted octanol–water partition coefficient (Wildman–Crippen LogP) is 1.97. The summed E-state index contributed by atoms with van der Waals surface area (Å²) >= 11 is 5.86. The van der Waals surface area contributed by atoms with Crippen molar-refractivity contribution in [2.75, 3.05) is 5.73 Å². The van der Waals surface area contributed by atoms with Crippen molar-refractivity contribution >= 4 is 23.5 Å². The predicted molar refractivity (Wildman–Crippen MR) is 54.4 cm³/mol. The Morgan fingerprint density at radius 2 is 2.23 bits per heavy atom. The van der Waals surface area contributed by atoms with Crippen LogP contribution in [-0.2, 0) is 0 Å². The minimum absolute atomic E-state index is 0.433. The Bertz CT molecular complexity index is 337. The first-order valence-electron chi connectivity index (χ1n) is 3.84. The van der Waals surface area contributed by atoms with E-state index in [1.54, 1.807) is 19.1 Å². The van der Waals surface area contributed by atoms with Crippen LogP contribution in [0.1, 0.15) is 24.2 Å². The fourth-order valence-electron chi connectivity index (χ4n) is 1.21. The second-order valence-corrected chi connectivity index (χ2v) is 3.19. The number of aliphatic hydroxyl groups excluding tert-OH is 1. The summed E-state index contributed by atoms with van der Waals surface area (Å²) in [6, 6.07) is 3.24. The maximum absolute atomic E-state index is 9.40. The SMILES string of the molecule is CC(O)c1c(Cl)ccc(N)c1C=N. The first-order valence-corrected chi connectivity index (χ1v) is 4.22. The van der Waals surface area contributed by atoms with Gasteiger partial charge in [0, 0.05) is 28.1 Å². The van der Waals surface area contributed by atoms with Crippen LogP contribution in [0.15, 0.2) is 12.1 Å². The quantitative estimate of drug-likeness (QED) is 0.502. The van der Waals surface area contributed by atoms with Crippen molar-refractivity contribution in [2.24, 2.45) is 0 Å². The van der Waals surface area contributed by atoms with Crippen LogP contribution in [-0.4, -0.2) is 11.3 Å². The van der Waals surface area contributed by atoms with E-state index < -0.39 is 6.10 Å². The van der Waals surface area contributed by atoms with E-state index in [2.05, 4.69) is 0 Å². The summed E-state index contributed by atoms with van der Waals surface area (Å²) in [6.07, 6.45) is 0.385. The van der Waals surface area contributed by atoms with Gasteiger partial charge in [-0.25, -0.2) is 0 Å². The average molecular weight is 199 g/mol. The number of nitrogens with one attached hydrogen (secondary N) is 1. The third kappa shape index (κ3) is 1.82. The van der Waals surface area contributed by atoms with Gasteiger partial charge in [0.25, 0.3) is 0 Å². The van der Waals surface area contributed by atoms with Crippen molar-refractivity contribution in [1.82, 2.24) is 0 Å². The summed E-state index contributed by atoms with van der Waals surface area (Å²) in [5.74, 6) is 0. The second kappa shape index (κ2) is 3.77. The molecule has 3 nitrogen and oxygen atoms in total. The first kappa shape index (κ1) is 10.0. The molecule has 13 heavy (non-hydrogen) atoms. The van der Waals surface area contributed by atoms with E-state index in [4.69, 9.17) is 22.7 Å². The Morgan fingerprint density at radius 1 is 1.62 bits per heavy atom. The van der Waals surface area contributed by atoms with Gasteiger partial charge in [-0.2, -0.15) is 0 Å². The van der Waals surface area contributed by atoms with Crippen molar-refractivity contribution in [3.8, 4) is 0 Å². The van der Waals surface area contributed by atoms with Crippen LogP contribution >= 0.6 is 11.6 Å². The minimum atomic E-state index is -0.715. The molecule has 0 fully saturated rings. The van der Waals surface area contributed by atoms with E-state index in [0.29, 0.717) is 21.8 Å². The zero-order valence-corrected chi connectivity index (χ0v) is 7.97. The van der Waals surface area contributed by atoms with E-state index in [1.807, 2.05) is 0 Å². The maximum atomic E-state index is 9.40. The minimum Gasteiger partial charge on any atom is -0.398 e. The fraction of sp³-hybridized carbons (Fsp3) is 0.222. The lowest BCUT2D eigenvalue weighted by atomic mass is 10.0. The summed E-state index contributed by atoms with van der Waals surface area (Å²) < 4.78 is 0. The molecule has 4 N–H and O–H groups in total. The lowest BCUT2D eigenvalue weighted by Crippen LogP contribution is -2.03. The topological polar surface area (TPSA) is 70.1 Å². The van der Waals surface area contributed by atoms with Gasteiger partial charge in [-0.05, 0) is 19.1 Å². The molecule has 0 radical (unpaired) electrons. The van der Waals surface area contributed by atoms with Crippen LogP contribution in [0.2, 0.25) is 5.02 Å². The smallest absolute Gasteiger partial charge is 0.0783 e. The molecule has 0 bridgehead atoms. The molecule has 0 saturated heterocycles. The van der Waals surface area contributed by atoms with Crippen LogP contribution in [0.3, 0.4) is 0 Å². The number of nitrogens with two attached hydrogens (primary N) is 1. The number of aliphatic hydroxyl groups is 1. The zero-order valence-electron chi connectivity index (χ0n) is 7.21. The normalized spacial score (nSPS) is 12.5. The molecule has 1 aromatic rings. The summed E-state index contributed by atoms with van der Waals surface area (Å²) in [4.78, 5) is 0. The lowest BCUT2D eigenvalue weighted by molar-refractivity contribution is 0.199. The maximum Gasteiger partial charge on any atom is 0.0783 e. The Hall–Kier alpha value is -1.06. The molecule has 0 aliphatic carbocycles. The van der Waals surface area contributed by atoms with E-state index >= 15 is 0 Å². The molecule has 0 amide bonds. The number of hydrogen-bond acceptors (Lipinski definition) is 3. The van der Waals surface area contributed by atoms with E-state index in [0.717, 1.165) is 6.21 Å². The summed E-state index contributed by atoms with van der Waals surface area (Å²) in [6.45, 7) is 1.59. The Balaban J connectivity index is 3.43. The molecule has 0 heterocycles. The highest BCUT2D eigenvalue weighted by Gasteiger charge is 2.13. The monoisotopic (exact) mass is 198 g/mol. The highest BCUT2D eigenvalue weighted by molar-refractivity contribution is 6.32. The number of rotatable bonds is 2. The molecular weight excluding hydrogens is 188 g/mol. The van der Waals surface area contributed by atoms with Crippen molar-refractivity contribution in [3.63, 3.8) is 0 Å². The molecule has 1 aromatic carbocycles. The highest BCUT2D eigenvalue weighted by atomic mass is 35.5. The second-order valence-electron chi connectivity index (χ2n) is 2.78. The van der Waals surface area contributed by atoms with Gasteiger partial charge in [0.15, 0.2) is 0 Å². The van der Waals surface area contributed by atoms with Crippen molar-refractivity contribution < 1.29 is 5.11 Å². The summed E-state index contributed by atoms with van der Waals surface area (Å²) in [5.41, 5.74) is 7.07. The Kier molecular flexibility index (Phi) is 2.90. The van der Waals surface area contributed by atoms with Crippen molar-refractivity contribution in [2.45, 2.75) is 13.0 Å². The lowest BCUT2D eigenvalue weighted by Gasteiger charge is -2.12. The van der Waals surface area contributed by atoms with Gasteiger partial charge in [-0.1, -0.05) is 11.6 Å². The highest BCUT2D eigenvalue weighted by Crippen LogP contribution is 2.29. The van der Waals surface area contributed by atoms with Crippen molar-refractivity contribution in [1.29, 1.82) is 5.41 Å². The molecular formula is C9H11ClN2O. The molecule has 0 spiro atoms. The largest absolute Gasteiger partial charge is 0.398 e. The molecule has 1 unspecified atom stereocenters. The molecule has 0 aliphatic rings. The van der Waals surface area contributed by atoms with Gasteiger partial charge in [-0.3, -0.25) is 0 Å². The van der Waals surface area contributed by atoms with Gasteiger partial charge < -0.3 is 16.2 Å². The van der Waals surface area contributed by atoms with Gasteiger partial charge in [-0.15, -0.1) is 0 Å². The van der Waals surface area contributed by atoms with Crippen LogP contribution in [0.25, 0.3) is 0 Å². The molecule has 0 aliphatic heterocycles. The van der Waals surface area contributed by atoms with E-state index in [1.165, 1.54) is 0 Å². The first-order chi connectivity index (χ1) is 6.07. The van der Waals surface area contributed by atoms with Crippen molar-refractivity contribution in [3.05, 3.63) is 28.3 Å². The van der Waals surface area contributed by atoms with E-state index in [9.17, 15) is 5.11 Å². The molecule has 70 valence electrons. The van der Waals surface area contributed by atoms with Gasteiger partial charge in [0.05, 0.1) is 6.10 Å². The number of anilines is 1. The average Bonchev–Trinajstić information content (AvgIpc) is 2.07. The van der Waals surface area contributed by atoms with Gasteiger partial charge in [0.2, 0.25) is 0 Å². The summed E-state index contributed by atoms with van der Waals surface area (Å²) in [7, 11) is 0. The standard InChI is InChI=1S/C9H11ClN2O/c1-5(13)9-6(4-11)8(12)3-2-7(9)10/h2-5,11,13H,12H2,1H3. The van der Waals surface area contributed by atoms with E-state index in [-0.39, 0.29) is 0 Å². The van der Waals surface area contributed by atoms with Gasteiger partial charge >= 0.3 is 0 Å². The number of benzene rings is 1. The fourth-order valence-corrected chi connectivity index (χ4v) is 1.54. The number of nitrogen functional groups attached to an aromatic ring is 1. The van der Waals surface area contributed by atoms with Crippen LogP contribution in [0.5, 0.6) is 0 Å². The summed E-state index contributed by atoms with van der Waals surface area (Å²) in [5, 5.41) is 17.0. The zero-order chi connectivity index (χ0) is 10.0. The Morgan fingerprint density at radius 3 is 2.62 bits per heavy atom. The van der Waals surface area contributed by atoms with Gasteiger partial charge in [0.1, 0.15) is 0 Å². The molecule has 1 atom stereocenters. The molecule has 0 saturated carbocycles. The number of hydrogen-bond donors (Lipinski definition) is 3. The third-order valence-electron chi connectivity index (χ3n) is 1.83. The third-order valence-corrected chi connectivity index (χ3v) is 2.16.